The van der Waals surface area contributed by atoms with Gasteiger partial charge in [-0.2, -0.15) is 11.8 Å². The number of nitrogens with one attached hydrogen (secondary N) is 1. The number of nitro benzene ring substituents is 1. The highest BCUT2D eigenvalue weighted by molar-refractivity contribution is 7.99. The van der Waals surface area contributed by atoms with Crippen molar-refractivity contribution in [2.45, 2.75) is 42.5 Å². The lowest BCUT2D eigenvalue weighted by Gasteiger charge is -2.25. The molecule has 2 aromatic carbocycles. The van der Waals surface area contributed by atoms with E-state index in [9.17, 15) is 19.7 Å². The molecular weight excluding hydrogens is 496 g/mol. The zero-order valence-corrected chi connectivity index (χ0v) is 21.8. The number of alkyl carbamates (subject to hydrolysis) is 1. The van der Waals surface area contributed by atoms with Crippen LogP contribution in [0.5, 0.6) is 5.75 Å². The summed E-state index contributed by atoms with van der Waals surface area (Å²) >= 11 is 1.87. The molecule has 0 spiro atoms. The first-order chi connectivity index (χ1) is 17.8. The Balaban J connectivity index is 1.19. The van der Waals surface area contributed by atoms with Gasteiger partial charge in [0.25, 0.3) is 5.69 Å². The monoisotopic (exact) mass is 528 g/mol. The van der Waals surface area contributed by atoms with E-state index in [4.69, 9.17) is 9.47 Å². The van der Waals surface area contributed by atoms with Crippen LogP contribution >= 0.6 is 11.8 Å². The van der Waals surface area contributed by atoms with Crippen LogP contribution in [0.15, 0.2) is 48.5 Å². The summed E-state index contributed by atoms with van der Waals surface area (Å²) in [6.07, 6.45) is 0.914. The number of thioether (sulfide) groups is 1. The maximum absolute atomic E-state index is 13.2. The molecule has 0 radical (unpaired) electrons. The number of methoxy groups -OCH3 is 1. The van der Waals surface area contributed by atoms with Crippen LogP contribution in [0.1, 0.15) is 24.0 Å². The number of hydrogen-bond acceptors (Lipinski definition) is 8. The molecule has 37 heavy (non-hydrogen) atoms. The molecular formula is C26H32N4O6S. The summed E-state index contributed by atoms with van der Waals surface area (Å²) in [6, 6.07) is 13.6. The van der Waals surface area contributed by atoms with Gasteiger partial charge in [0.1, 0.15) is 12.4 Å². The first-order valence-corrected chi connectivity index (χ1v) is 13.3. The van der Waals surface area contributed by atoms with Crippen LogP contribution in [0.25, 0.3) is 0 Å². The molecule has 4 rings (SSSR count). The van der Waals surface area contributed by atoms with E-state index in [0.717, 1.165) is 24.5 Å². The fourth-order valence-corrected chi connectivity index (χ4v) is 5.94. The number of likely N-dealkylation sites (tertiary alicyclic amines) is 2. The standard InChI is InChI=1S/C26H32N4O6S/c1-28-15-23(37-17-19-5-9-22(35-2)10-6-19)13-24(28)25(31)29-12-11-20(14-29)27-26(32)36-16-18-3-7-21(8-4-18)30(33)34/h3-10,20,23-24H,11-17H2,1-2H3,(H,27,32)/t20-,23-,24-/m0/s1. The van der Waals surface area contributed by atoms with Crippen molar-refractivity contribution in [3.8, 4) is 5.75 Å². The minimum absolute atomic E-state index is 0.0148. The number of amides is 2. The normalized spacial score (nSPS) is 21.6. The second-order valence-corrected chi connectivity index (χ2v) is 10.7. The summed E-state index contributed by atoms with van der Waals surface area (Å²) in [6.45, 7) is 1.93. The molecule has 0 aliphatic carbocycles. The van der Waals surface area contributed by atoms with Crippen LogP contribution in [0.4, 0.5) is 10.5 Å². The van der Waals surface area contributed by atoms with E-state index in [1.807, 2.05) is 35.8 Å². The lowest BCUT2D eigenvalue weighted by Crippen LogP contribution is -2.45. The van der Waals surface area contributed by atoms with Gasteiger partial charge in [-0.15, -0.1) is 0 Å². The first-order valence-electron chi connectivity index (χ1n) is 12.2. The van der Waals surface area contributed by atoms with Crippen LogP contribution in [-0.4, -0.2) is 77.8 Å². The highest BCUT2D eigenvalue weighted by Gasteiger charge is 2.39. The van der Waals surface area contributed by atoms with Crippen molar-refractivity contribution in [1.82, 2.24) is 15.1 Å². The molecule has 11 heteroatoms. The van der Waals surface area contributed by atoms with E-state index in [0.29, 0.717) is 30.3 Å². The average molecular weight is 529 g/mol. The molecule has 2 heterocycles. The van der Waals surface area contributed by atoms with E-state index >= 15 is 0 Å². The highest BCUT2D eigenvalue weighted by atomic mass is 32.2. The average Bonchev–Trinajstić information content (AvgIpc) is 3.52. The van der Waals surface area contributed by atoms with Crippen molar-refractivity contribution < 1.29 is 24.0 Å². The number of non-ortho nitro benzene ring substituents is 1. The Hall–Kier alpha value is -3.31. The van der Waals surface area contributed by atoms with Crippen LogP contribution in [-0.2, 0) is 21.9 Å². The van der Waals surface area contributed by atoms with Crippen LogP contribution in [0.2, 0.25) is 0 Å². The summed E-state index contributed by atoms with van der Waals surface area (Å²) in [5.74, 6) is 1.84. The van der Waals surface area contributed by atoms with Crippen molar-refractivity contribution in [2.75, 3.05) is 33.8 Å². The molecule has 2 amide bonds. The fraction of sp³-hybridized carbons (Fsp3) is 0.462. The second kappa shape index (κ2) is 12.3. The first kappa shape index (κ1) is 26.7. The van der Waals surface area contributed by atoms with E-state index in [1.54, 1.807) is 19.2 Å². The Morgan fingerprint density at radius 3 is 2.49 bits per heavy atom. The van der Waals surface area contributed by atoms with Gasteiger partial charge in [0.15, 0.2) is 0 Å². The predicted molar refractivity (Wildman–Crippen MR) is 141 cm³/mol. The minimum atomic E-state index is -0.564. The van der Waals surface area contributed by atoms with Crippen molar-refractivity contribution in [2.24, 2.45) is 0 Å². The Labute approximate surface area is 220 Å². The van der Waals surface area contributed by atoms with Gasteiger partial charge in [-0.25, -0.2) is 4.79 Å². The topological polar surface area (TPSA) is 114 Å². The van der Waals surface area contributed by atoms with Gasteiger partial charge >= 0.3 is 6.09 Å². The molecule has 2 saturated heterocycles. The predicted octanol–water partition coefficient (Wildman–Crippen LogP) is 3.44. The SMILES string of the molecule is COc1ccc(CS[C@H]2C[C@@H](C(=O)N3CC[C@H](NC(=O)OCc4ccc([N+](=O)[O-])cc4)C3)N(C)C2)cc1. The molecule has 0 unspecified atom stereocenters. The molecule has 2 aliphatic heterocycles. The van der Waals surface area contributed by atoms with E-state index in [1.165, 1.54) is 17.7 Å². The summed E-state index contributed by atoms with van der Waals surface area (Å²) in [5.41, 5.74) is 1.88. The van der Waals surface area contributed by atoms with Crippen molar-refractivity contribution in [3.05, 3.63) is 69.8 Å². The van der Waals surface area contributed by atoms with Crippen LogP contribution in [0.3, 0.4) is 0 Å². The van der Waals surface area contributed by atoms with E-state index in [2.05, 4.69) is 22.3 Å². The van der Waals surface area contributed by atoms with Gasteiger partial charge in [-0.3, -0.25) is 19.8 Å². The molecule has 0 bridgehead atoms. The third-order valence-electron chi connectivity index (χ3n) is 6.78. The largest absolute Gasteiger partial charge is 0.497 e. The number of nitrogens with zero attached hydrogens (tertiary/aromatic N) is 3. The molecule has 0 aromatic heterocycles. The number of ether oxygens (including phenoxy) is 2. The third-order valence-corrected chi connectivity index (χ3v) is 8.09. The summed E-state index contributed by atoms with van der Waals surface area (Å²) in [5, 5.41) is 14.0. The van der Waals surface area contributed by atoms with Gasteiger partial charge in [0.05, 0.1) is 24.1 Å². The summed E-state index contributed by atoms with van der Waals surface area (Å²) < 4.78 is 10.5. The lowest BCUT2D eigenvalue weighted by molar-refractivity contribution is -0.384. The molecule has 0 saturated carbocycles. The number of benzene rings is 2. The maximum atomic E-state index is 13.2. The molecule has 2 fully saturated rings. The Morgan fingerprint density at radius 2 is 1.81 bits per heavy atom. The smallest absolute Gasteiger partial charge is 0.407 e. The van der Waals surface area contributed by atoms with Gasteiger partial charge in [0.2, 0.25) is 5.91 Å². The van der Waals surface area contributed by atoms with Crippen LogP contribution in [0, 0.1) is 10.1 Å². The number of likely N-dealkylation sites (N-methyl/N-ethyl adjacent to an activating group) is 1. The molecule has 2 aromatic rings. The van der Waals surface area contributed by atoms with E-state index < -0.39 is 11.0 Å². The summed E-state index contributed by atoms with van der Waals surface area (Å²) in [7, 11) is 3.65. The zero-order valence-electron chi connectivity index (χ0n) is 21.0. The molecule has 10 nitrogen and oxygen atoms in total. The Bertz CT molecular complexity index is 1100. The number of carbonyl (C=O) groups excluding carboxylic acids is 2. The van der Waals surface area contributed by atoms with Gasteiger partial charge in [-0.05, 0) is 55.3 Å². The second-order valence-electron chi connectivity index (χ2n) is 9.39. The number of nitro groups is 1. The summed E-state index contributed by atoms with van der Waals surface area (Å²) in [4.78, 5) is 39.7. The van der Waals surface area contributed by atoms with Gasteiger partial charge < -0.3 is 19.7 Å². The molecule has 2 aliphatic rings. The fourth-order valence-electron chi connectivity index (χ4n) is 4.66. The van der Waals surface area contributed by atoms with Crippen molar-refractivity contribution in [3.63, 3.8) is 0 Å². The number of hydrogen-bond donors (Lipinski definition) is 1. The lowest BCUT2D eigenvalue weighted by atomic mass is 10.2. The minimum Gasteiger partial charge on any atom is -0.497 e. The van der Waals surface area contributed by atoms with Crippen molar-refractivity contribution >= 4 is 29.4 Å². The number of carbonyl (C=O) groups is 2. The highest BCUT2D eigenvalue weighted by Crippen LogP contribution is 2.31. The maximum Gasteiger partial charge on any atom is 0.407 e. The zero-order chi connectivity index (χ0) is 26.4. The Kier molecular flexibility index (Phi) is 8.88. The molecule has 198 valence electrons. The third kappa shape index (κ3) is 7.14. The van der Waals surface area contributed by atoms with Crippen molar-refractivity contribution in [1.29, 1.82) is 0 Å². The van der Waals surface area contributed by atoms with Gasteiger partial charge in [-0.1, -0.05) is 12.1 Å². The molecule has 3 atom stereocenters. The van der Waals surface area contributed by atoms with Crippen LogP contribution < -0.4 is 10.1 Å². The molecule has 1 N–H and O–H groups in total. The van der Waals surface area contributed by atoms with E-state index in [-0.39, 0.29) is 30.3 Å². The quantitative estimate of drug-likeness (QED) is 0.389. The van der Waals surface area contributed by atoms with Gasteiger partial charge in [0, 0.05) is 42.8 Å². The number of rotatable bonds is 9. The Morgan fingerprint density at radius 1 is 1.11 bits per heavy atom.